The third-order valence-electron chi connectivity index (χ3n) is 10.8. The fourth-order valence-electron chi connectivity index (χ4n) is 7.40. The minimum Gasteiger partial charge on any atom is -0.494 e. The lowest BCUT2D eigenvalue weighted by molar-refractivity contribution is 0.212. The second kappa shape index (κ2) is 19.1. The Kier molecular flexibility index (Phi) is 12.8. The molecule has 7 aromatic rings. The minimum absolute atomic E-state index is 0.431. The predicted molar refractivity (Wildman–Crippen MR) is 238 cm³/mol. The molecule has 7 heterocycles. The number of rotatable bonds is 13. The molecule has 0 spiro atoms. The number of aromatic nitrogens is 10. The first-order chi connectivity index (χ1) is 29.8. The predicted octanol–water partition coefficient (Wildman–Crippen LogP) is 6.83. The number of likely N-dealkylation sites (tertiary alicyclic amines) is 2. The molecule has 18 heteroatoms. The van der Waals surface area contributed by atoms with Crippen LogP contribution in [-0.2, 0) is 0 Å². The molecular weight excluding hydrogens is 773 g/mol. The van der Waals surface area contributed by atoms with E-state index in [0.29, 0.717) is 48.7 Å². The lowest BCUT2D eigenvalue weighted by Gasteiger charge is -2.28. The first-order valence-corrected chi connectivity index (χ1v) is 20.9. The Morgan fingerprint density at radius 3 is 1.70 bits per heavy atom. The van der Waals surface area contributed by atoms with Gasteiger partial charge in [-0.15, -0.1) is 0 Å². The summed E-state index contributed by atoms with van der Waals surface area (Å²) >= 11 is 0. The van der Waals surface area contributed by atoms with Crippen LogP contribution < -0.4 is 31.2 Å². The van der Waals surface area contributed by atoms with Crippen molar-refractivity contribution >= 4 is 51.6 Å². The molecule has 2 saturated heterocycles. The second-order valence-corrected chi connectivity index (χ2v) is 15.3. The zero-order valence-corrected chi connectivity index (χ0v) is 35.1. The van der Waals surface area contributed by atoms with Crippen LogP contribution in [0.4, 0.5) is 40.5 Å². The molecule has 0 radical (unpaired) electrons. The first kappa shape index (κ1) is 41.0. The number of nitrogens with two attached hydrogens (primary N) is 1. The van der Waals surface area contributed by atoms with Crippen LogP contribution in [0.15, 0.2) is 92.0 Å². The minimum atomic E-state index is 0.431. The Labute approximate surface area is 355 Å². The number of nitrogen functional groups attached to an aromatic ring is 1. The van der Waals surface area contributed by atoms with Crippen molar-refractivity contribution in [2.75, 3.05) is 75.2 Å². The van der Waals surface area contributed by atoms with E-state index in [9.17, 15) is 0 Å². The summed E-state index contributed by atoms with van der Waals surface area (Å²) < 4.78 is 17.0. The third-order valence-corrected chi connectivity index (χ3v) is 10.8. The van der Waals surface area contributed by atoms with Crippen molar-refractivity contribution in [2.45, 2.75) is 51.6 Å². The smallest absolute Gasteiger partial charge is 0.229 e. The SMILES string of the molecule is CCOc1ccc(-n2cnc3cnc(Nc4cnn(C5CCN(C)CC5)c4)nc32)cc1.CCOc1ccc(Nc2nc(Nc3cnn(C4CCN(C)CC4)c3)ncc2N)cc1. The number of anilines is 7. The van der Waals surface area contributed by atoms with Crippen LogP contribution in [0.25, 0.3) is 16.9 Å². The Morgan fingerprint density at radius 2 is 1.15 bits per heavy atom. The number of hydrogen-bond donors (Lipinski definition) is 4. The summed E-state index contributed by atoms with van der Waals surface area (Å²) in [6.45, 7) is 9.59. The first-order valence-electron chi connectivity index (χ1n) is 20.9. The molecule has 5 aromatic heterocycles. The Morgan fingerprint density at radius 1 is 0.623 bits per heavy atom. The van der Waals surface area contributed by atoms with Gasteiger partial charge in [0, 0.05) is 23.8 Å². The van der Waals surface area contributed by atoms with Crippen LogP contribution >= 0.6 is 0 Å². The van der Waals surface area contributed by atoms with Gasteiger partial charge in [0.1, 0.15) is 23.3 Å². The van der Waals surface area contributed by atoms with Gasteiger partial charge in [-0.1, -0.05) is 0 Å². The molecular formula is C43H54N16O2. The lowest BCUT2D eigenvalue weighted by atomic mass is 10.1. The van der Waals surface area contributed by atoms with Crippen molar-refractivity contribution < 1.29 is 9.47 Å². The van der Waals surface area contributed by atoms with Crippen LogP contribution in [0, 0.1) is 0 Å². The van der Waals surface area contributed by atoms with E-state index in [-0.39, 0.29) is 0 Å². The maximum absolute atomic E-state index is 6.06. The highest BCUT2D eigenvalue weighted by atomic mass is 16.5. The average molecular weight is 827 g/mol. The summed E-state index contributed by atoms with van der Waals surface area (Å²) in [5, 5.41) is 18.8. The number of benzene rings is 2. The summed E-state index contributed by atoms with van der Waals surface area (Å²) in [6.07, 6.45) is 17.2. The molecule has 2 aromatic carbocycles. The molecule has 2 aliphatic rings. The Balaban J connectivity index is 0.000000169. The Bertz CT molecular complexity index is 2460. The average Bonchev–Trinajstić information content (AvgIpc) is 4.05. The molecule has 0 unspecified atom stereocenters. The van der Waals surface area contributed by atoms with E-state index >= 15 is 0 Å². The van der Waals surface area contributed by atoms with Crippen molar-refractivity contribution in [1.29, 1.82) is 0 Å². The number of hydrogen-bond acceptors (Lipinski definition) is 15. The summed E-state index contributed by atoms with van der Waals surface area (Å²) in [4.78, 5) is 27.1. The number of fused-ring (bicyclic) bond motifs is 1. The van der Waals surface area contributed by atoms with Gasteiger partial charge >= 0.3 is 0 Å². The molecule has 0 bridgehead atoms. The number of imidazole rings is 1. The molecule has 18 nitrogen and oxygen atoms in total. The molecule has 2 fully saturated rings. The van der Waals surface area contributed by atoms with Gasteiger partial charge in [0.05, 0.1) is 67.1 Å². The highest BCUT2D eigenvalue weighted by Crippen LogP contribution is 2.28. The normalized spacial score (nSPS) is 15.3. The van der Waals surface area contributed by atoms with Crippen LogP contribution in [0.1, 0.15) is 51.6 Å². The molecule has 0 atom stereocenters. The van der Waals surface area contributed by atoms with E-state index in [1.54, 1.807) is 24.9 Å². The number of piperidine rings is 2. The molecule has 318 valence electrons. The van der Waals surface area contributed by atoms with Gasteiger partial charge in [-0.2, -0.15) is 20.2 Å². The second-order valence-electron chi connectivity index (χ2n) is 15.3. The molecule has 5 N–H and O–H groups in total. The van der Waals surface area contributed by atoms with Gasteiger partial charge < -0.3 is 41.0 Å². The summed E-state index contributed by atoms with van der Waals surface area (Å²) in [5.74, 6) is 3.18. The van der Waals surface area contributed by atoms with E-state index < -0.39 is 0 Å². The van der Waals surface area contributed by atoms with E-state index in [1.807, 2.05) is 90.2 Å². The topological polar surface area (TPSA) is 192 Å². The maximum atomic E-state index is 6.06. The maximum Gasteiger partial charge on any atom is 0.229 e. The van der Waals surface area contributed by atoms with Crippen LogP contribution in [0.3, 0.4) is 0 Å². The number of nitrogens with one attached hydrogen (secondary N) is 3. The number of nitrogens with zero attached hydrogens (tertiary/aromatic N) is 12. The van der Waals surface area contributed by atoms with Crippen molar-refractivity contribution in [1.82, 2.24) is 58.8 Å². The van der Waals surface area contributed by atoms with E-state index in [2.05, 4.69) is 74.7 Å². The van der Waals surface area contributed by atoms with E-state index in [4.69, 9.17) is 20.2 Å². The van der Waals surface area contributed by atoms with Crippen LogP contribution in [0.2, 0.25) is 0 Å². The van der Waals surface area contributed by atoms with Crippen molar-refractivity contribution in [2.24, 2.45) is 0 Å². The molecule has 9 rings (SSSR count). The van der Waals surface area contributed by atoms with Crippen molar-refractivity contribution in [3.05, 3.63) is 92.0 Å². The van der Waals surface area contributed by atoms with Crippen LogP contribution in [-0.4, -0.2) is 112 Å². The monoisotopic (exact) mass is 826 g/mol. The van der Waals surface area contributed by atoms with Gasteiger partial charge in [0.25, 0.3) is 0 Å². The van der Waals surface area contributed by atoms with Gasteiger partial charge in [0.2, 0.25) is 11.9 Å². The van der Waals surface area contributed by atoms with Gasteiger partial charge in [-0.05, 0) is 128 Å². The van der Waals surface area contributed by atoms with Crippen molar-refractivity contribution in [3.8, 4) is 17.2 Å². The van der Waals surface area contributed by atoms with Crippen molar-refractivity contribution in [3.63, 3.8) is 0 Å². The molecule has 0 amide bonds. The lowest BCUT2D eigenvalue weighted by Crippen LogP contribution is -2.31. The molecule has 2 aliphatic heterocycles. The third kappa shape index (κ3) is 10.3. The van der Waals surface area contributed by atoms with E-state index in [1.165, 1.54) is 0 Å². The molecule has 0 aliphatic carbocycles. The fraction of sp³-hybridized carbons (Fsp3) is 0.372. The highest BCUT2D eigenvalue weighted by Gasteiger charge is 2.21. The summed E-state index contributed by atoms with van der Waals surface area (Å²) in [6, 6.07) is 16.4. The quantitative estimate of drug-likeness (QED) is 0.0945. The number of ether oxygens (including phenoxy) is 2. The van der Waals surface area contributed by atoms with Gasteiger partial charge in [-0.25, -0.2) is 15.0 Å². The largest absolute Gasteiger partial charge is 0.494 e. The zero-order chi connectivity index (χ0) is 42.1. The molecule has 61 heavy (non-hydrogen) atoms. The van der Waals surface area contributed by atoms with Crippen LogP contribution in [0.5, 0.6) is 11.5 Å². The standard InChI is InChI=1S/C22H26N8O.C21H28N8O/c1-3-31-19-6-4-17(5-7-19)29-15-24-20-13-23-22(27-21(20)29)26-16-12-25-30(14-16)18-8-10-28(2)11-9-18;1-3-30-18-6-4-15(5-7-18)25-20-19(22)13-23-21(27-20)26-16-12-24-29(14-16)17-8-10-28(2)11-9-17/h4-7,12-15,18H,3,8-11H2,1-2H3,(H,23,26,27);4-7,12-14,17H,3,8-11,22H2,1-2H3,(H2,23,25,26,27). The van der Waals surface area contributed by atoms with Gasteiger partial charge in [0.15, 0.2) is 11.5 Å². The van der Waals surface area contributed by atoms with Gasteiger partial charge in [-0.3, -0.25) is 13.9 Å². The summed E-state index contributed by atoms with van der Waals surface area (Å²) in [5.41, 5.74) is 11.6. The zero-order valence-electron chi connectivity index (χ0n) is 35.1. The summed E-state index contributed by atoms with van der Waals surface area (Å²) in [7, 11) is 4.32. The highest BCUT2D eigenvalue weighted by molar-refractivity contribution is 5.74. The molecule has 0 saturated carbocycles. The Hall–Kier alpha value is -6.79. The fourth-order valence-corrected chi connectivity index (χ4v) is 7.40. The van der Waals surface area contributed by atoms with E-state index in [0.717, 1.165) is 97.3 Å².